The Morgan fingerprint density at radius 2 is 1.68 bits per heavy atom. The number of amides is 2. The first kappa shape index (κ1) is 18.2. The van der Waals surface area contributed by atoms with Gasteiger partial charge in [-0.05, 0) is 37.6 Å². The van der Waals surface area contributed by atoms with Crippen molar-refractivity contribution in [1.82, 2.24) is 5.32 Å². The molecule has 1 aromatic carbocycles. The second-order valence-electron chi connectivity index (χ2n) is 6.09. The molecule has 2 amide bonds. The molecule has 1 unspecified atom stereocenters. The minimum absolute atomic E-state index is 0.0262. The Balaban J connectivity index is 2.51. The summed E-state index contributed by atoms with van der Waals surface area (Å²) in [5.74, 6) is -0.153. The molecular weight excluding hydrogens is 276 g/mol. The summed E-state index contributed by atoms with van der Waals surface area (Å²) in [7, 11) is 0. The molecule has 0 fully saturated rings. The van der Waals surface area contributed by atoms with E-state index in [1.807, 2.05) is 20.8 Å². The number of unbranched alkanes of at least 4 members (excludes halogenated alkanes) is 2. The van der Waals surface area contributed by atoms with Gasteiger partial charge in [-0.15, -0.1) is 0 Å². The van der Waals surface area contributed by atoms with Gasteiger partial charge in [0.2, 0.25) is 5.91 Å². The lowest BCUT2D eigenvalue weighted by Gasteiger charge is -2.14. The third kappa shape index (κ3) is 6.29. The zero-order chi connectivity index (χ0) is 16.5. The van der Waals surface area contributed by atoms with E-state index in [0.29, 0.717) is 11.3 Å². The lowest BCUT2D eigenvalue weighted by atomic mass is 10.1. The van der Waals surface area contributed by atoms with Crippen molar-refractivity contribution in [2.75, 3.05) is 5.32 Å². The molecule has 0 saturated carbocycles. The number of nitrogens with one attached hydrogen (secondary N) is 2. The Morgan fingerprint density at radius 3 is 2.23 bits per heavy atom. The second-order valence-corrected chi connectivity index (χ2v) is 6.09. The number of hydrogen-bond acceptors (Lipinski definition) is 2. The fraction of sp³-hybridized carbons (Fsp3) is 0.556. The van der Waals surface area contributed by atoms with Crippen molar-refractivity contribution < 1.29 is 9.59 Å². The molecule has 0 aliphatic rings. The molecular formula is C18H28N2O2. The Bertz CT molecular complexity index is 480. The van der Waals surface area contributed by atoms with Gasteiger partial charge >= 0.3 is 0 Å². The first-order valence-corrected chi connectivity index (χ1v) is 8.15. The van der Waals surface area contributed by atoms with Gasteiger partial charge in [0, 0.05) is 23.2 Å². The smallest absolute Gasteiger partial charge is 0.251 e. The average Bonchev–Trinajstić information content (AvgIpc) is 2.48. The molecule has 0 aliphatic heterocycles. The van der Waals surface area contributed by atoms with Crippen LogP contribution in [0.25, 0.3) is 0 Å². The molecule has 4 heteroatoms. The molecule has 1 aromatic rings. The van der Waals surface area contributed by atoms with E-state index in [4.69, 9.17) is 0 Å². The Kier molecular flexibility index (Phi) is 7.64. The van der Waals surface area contributed by atoms with Crippen LogP contribution in [0.15, 0.2) is 24.3 Å². The molecule has 1 atom stereocenters. The van der Waals surface area contributed by atoms with E-state index in [0.717, 1.165) is 12.8 Å². The van der Waals surface area contributed by atoms with Crippen LogP contribution in [-0.2, 0) is 4.79 Å². The van der Waals surface area contributed by atoms with Gasteiger partial charge in [0.1, 0.15) is 0 Å². The maximum Gasteiger partial charge on any atom is 0.251 e. The van der Waals surface area contributed by atoms with E-state index in [9.17, 15) is 9.59 Å². The Hall–Kier alpha value is -1.84. The minimum Gasteiger partial charge on any atom is -0.350 e. The van der Waals surface area contributed by atoms with E-state index in [1.165, 1.54) is 12.8 Å². The summed E-state index contributed by atoms with van der Waals surface area (Å²) in [6, 6.07) is 7.18. The summed E-state index contributed by atoms with van der Waals surface area (Å²) in [4.78, 5) is 23.7. The van der Waals surface area contributed by atoms with Crippen LogP contribution in [0.2, 0.25) is 0 Å². The van der Waals surface area contributed by atoms with Crippen LogP contribution in [0, 0.1) is 5.92 Å². The van der Waals surface area contributed by atoms with Gasteiger partial charge in [0.15, 0.2) is 0 Å². The number of hydrogen-bond donors (Lipinski definition) is 2. The average molecular weight is 304 g/mol. The van der Waals surface area contributed by atoms with Crippen molar-refractivity contribution in [3.63, 3.8) is 0 Å². The molecule has 22 heavy (non-hydrogen) atoms. The predicted molar refractivity (Wildman–Crippen MR) is 91.0 cm³/mol. The number of benzene rings is 1. The fourth-order valence-corrected chi connectivity index (χ4v) is 2.07. The molecule has 1 rings (SSSR count). The summed E-state index contributed by atoms with van der Waals surface area (Å²) in [5, 5.41) is 5.82. The first-order valence-electron chi connectivity index (χ1n) is 8.15. The van der Waals surface area contributed by atoms with Gasteiger partial charge in [-0.2, -0.15) is 0 Å². The van der Waals surface area contributed by atoms with Gasteiger partial charge in [-0.25, -0.2) is 0 Å². The lowest BCUT2D eigenvalue weighted by Crippen LogP contribution is -2.32. The van der Waals surface area contributed by atoms with Crippen molar-refractivity contribution >= 4 is 17.5 Å². The van der Waals surface area contributed by atoms with Crippen molar-refractivity contribution in [1.29, 1.82) is 0 Å². The molecule has 0 spiro atoms. The normalized spacial score (nSPS) is 12.0. The van der Waals surface area contributed by atoms with Crippen molar-refractivity contribution in [2.45, 2.75) is 59.4 Å². The van der Waals surface area contributed by atoms with E-state index >= 15 is 0 Å². The maximum absolute atomic E-state index is 12.1. The number of carbonyl (C=O) groups is 2. The van der Waals surface area contributed by atoms with E-state index < -0.39 is 0 Å². The summed E-state index contributed by atoms with van der Waals surface area (Å²) in [6.07, 6.45) is 4.52. The summed E-state index contributed by atoms with van der Waals surface area (Å²) in [6.45, 7) is 7.89. The van der Waals surface area contributed by atoms with Gasteiger partial charge in [-0.3, -0.25) is 9.59 Å². The molecule has 0 saturated heterocycles. The third-order valence-corrected chi connectivity index (χ3v) is 3.56. The van der Waals surface area contributed by atoms with Crippen LogP contribution in [-0.4, -0.2) is 17.9 Å². The topological polar surface area (TPSA) is 58.2 Å². The minimum atomic E-state index is -0.0641. The van der Waals surface area contributed by atoms with E-state index in [-0.39, 0.29) is 23.8 Å². The monoisotopic (exact) mass is 304 g/mol. The molecule has 0 radical (unpaired) electrons. The van der Waals surface area contributed by atoms with Crippen LogP contribution in [0.3, 0.4) is 0 Å². The summed E-state index contributed by atoms with van der Waals surface area (Å²) in [5.41, 5.74) is 1.33. The highest BCUT2D eigenvalue weighted by molar-refractivity contribution is 5.96. The maximum atomic E-state index is 12.1. The Labute approximate surface area is 133 Å². The highest BCUT2D eigenvalue weighted by Crippen LogP contribution is 2.12. The highest BCUT2D eigenvalue weighted by atomic mass is 16.2. The lowest BCUT2D eigenvalue weighted by molar-refractivity contribution is -0.118. The first-order chi connectivity index (χ1) is 10.4. The van der Waals surface area contributed by atoms with Crippen molar-refractivity contribution in [2.24, 2.45) is 5.92 Å². The van der Waals surface area contributed by atoms with Gasteiger partial charge in [0.25, 0.3) is 5.91 Å². The van der Waals surface area contributed by atoms with Crippen LogP contribution in [0.5, 0.6) is 0 Å². The highest BCUT2D eigenvalue weighted by Gasteiger charge is 2.11. The van der Waals surface area contributed by atoms with Gasteiger partial charge in [0.05, 0.1) is 0 Å². The van der Waals surface area contributed by atoms with E-state index in [1.54, 1.807) is 24.3 Å². The van der Waals surface area contributed by atoms with Crippen molar-refractivity contribution in [3.05, 3.63) is 29.8 Å². The standard InChI is InChI=1S/C18H28N2O2/c1-5-6-7-8-14(4)19-18(22)15-9-11-16(12-10-15)20-17(21)13(2)3/h9-14H,5-8H2,1-4H3,(H,19,22)(H,20,21). The third-order valence-electron chi connectivity index (χ3n) is 3.56. The molecule has 2 N–H and O–H groups in total. The molecule has 4 nitrogen and oxygen atoms in total. The summed E-state index contributed by atoms with van der Waals surface area (Å²) < 4.78 is 0. The molecule has 0 aromatic heterocycles. The molecule has 0 bridgehead atoms. The SMILES string of the molecule is CCCCCC(C)NC(=O)c1ccc(NC(=O)C(C)C)cc1. The van der Waals surface area contributed by atoms with Gasteiger partial charge in [-0.1, -0.05) is 40.0 Å². The van der Waals surface area contributed by atoms with Gasteiger partial charge < -0.3 is 10.6 Å². The molecule has 122 valence electrons. The zero-order valence-corrected chi connectivity index (χ0v) is 14.1. The van der Waals surface area contributed by atoms with E-state index in [2.05, 4.69) is 17.6 Å². The molecule has 0 heterocycles. The Morgan fingerprint density at radius 1 is 1.05 bits per heavy atom. The summed E-state index contributed by atoms with van der Waals surface area (Å²) >= 11 is 0. The van der Waals surface area contributed by atoms with Crippen LogP contribution in [0.4, 0.5) is 5.69 Å². The number of carbonyl (C=O) groups excluding carboxylic acids is 2. The predicted octanol–water partition coefficient (Wildman–Crippen LogP) is 3.98. The number of anilines is 1. The largest absolute Gasteiger partial charge is 0.350 e. The second kappa shape index (κ2) is 9.23. The quantitative estimate of drug-likeness (QED) is 0.714. The van der Waals surface area contributed by atoms with Crippen LogP contribution >= 0.6 is 0 Å². The van der Waals surface area contributed by atoms with Crippen LogP contribution < -0.4 is 10.6 Å². The number of rotatable bonds is 8. The molecule has 0 aliphatic carbocycles. The zero-order valence-electron chi connectivity index (χ0n) is 14.1. The van der Waals surface area contributed by atoms with Crippen LogP contribution in [0.1, 0.15) is 63.7 Å². The van der Waals surface area contributed by atoms with Crippen molar-refractivity contribution in [3.8, 4) is 0 Å². The fourth-order valence-electron chi connectivity index (χ4n) is 2.07.